The van der Waals surface area contributed by atoms with Gasteiger partial charge in [-0.3, -0.25) is 20.4 Å². The van der Waals surface area contributed by atoms with Crippen LogP contribution in [0.25, 0.3) is 0 Å². The summed E-state index contributed by atoms with van der Waals surface area (Å²) in [6.07, 6.45) is 0. The second-order valence-corrected chi connectivity index (χ2v) is 3.70. The van der Waals surface area contributed by atoms with E-state index in [9.17, 15) is 9.59 Å². The van der Waals surface area contributed by atoms with Crippen molar-refractivity contribution in [3.63, 3.8) is 0 Å². The van der Waals surface area contributed by atoms with Crippen LogP contribution in [0, 0.1) is 0 Å². The fraction of sp³-hybridized carbons (Fsp3) is 0.182. The van der Waals surface area contributed by atoms with E-state index in [1.54, 1.807) is 24.3 Å². The van der Waals surface area contributed by atoms with Gasteiger partial charge in [-0.2, -0.15) is 0 Å². The van der Waals surface area contributed by atoms with Gasteiger partial charge < -0.3 is 10.1 Å². The average molecular weight is 267 g/mol. The normalized spacial score (nSPS) is 9.22. The Morgan fingerprint density at radius 3 is 2.50 bits per heavy atom. The minimum atomic E-state index is -0.417. The molecule has 6 nitrogen and oxygen atoms in total. The van der Waals surface area contributed by atoms with E-state index in [0.717, 1.165) is 0 Å². The molecule has 7 heteroatoms. The lowest BCUT2D eigenvalue weighted by Crippen LogP contribution is -2.48. The third kappa shape index (κ3) is 4.02. The van der Waals surface area contributed by atoms with Crippen LogP contribution >= 0.6 is 12.2 Å². The number of hydrogen-bond donors (Lipinski definition) is 3. The van der Waals surface area contributed by atoms with Crippen LogP contribution in [0.1, 0.15) is 17.3 Å². The second kappa shape index (κ2) is 6.55. The maximum absolute atomic E-state index is 11.8. The van der Waals surface area contributed by atoms with E-state index in [0.29, 0.717) is 11.3 Å². The van der Waals surface area contributed by atoms with Gasteiger partial charge in [0.25, 0.3) is 5.91 Å². The predicted octanol–water partition coefficient (Wildman–Crippen LogP) is 0.351. The lowest BCUT2D eigenvalue weighted by Gasteiger charge is -2.11. The van der Waals surface area contributed by atoms with Gasteiger partial charge in [0.2, 0.25) is 5.91 Å². The van der Waals surface area contributed by atoms with Crippen molar-refractivity contribution in [2.75, 3.05) is 7.11 Å². The van der Waals surface area contributed by atoms with E-state index in [1.807, 2.05) is 0 Å². The molecule has 1 aromatic rings. The van der Waals surface area contributed by atoms with E-state index in [4.69, 9.17) is 17.0 Å². The number of nitrogens with one attached hydrogen (secondary N) is 3. The molecule has 0 aromatic heterocycles. The summed E-state index contributed by atoms with van der Waals surface area (Å²) in [5.41, 5.74) is 5.12. The van der Waals surface area contributed by atoms with Crippen molar-refractivity contribution in [1.82, 2.24) is 16.2 Å². The monoisotopic (exact) mass is 267 g/mol. The number of hydrogen-bond acceptors (Lipinski definition) is 4. The maximum Gasteiger partial charge on any atom is 0.273 e. The first kappa shape index (κ1) is 13.9. The van der Waals surface area contributed by atoms with Gasteiger partial charge in [0.1, 0.15) is 5.75 Å². The molecule has 96 valence electrons. The largest absolute Gasteiger partial charge is 0.496 e. The smallest absolute Gasteiger partial charge is 0.273 e. The van der Waals surface area contributed by atoms with Crippen LogP contribution in [-0.2, 0) is 4.79 Å². The van der Waals surface area contributed by atoms with Crippen molar-refractivity contribution >= 4 is 29.1 Å². The zero-order valence-corrected chi connectivity index (χ0v) is 10.8. The second-order valence-electron chi connectivity index (χ2n) is 3.29. The first-order valence-corrected chi connectivity index (χ1v) is 5.46. The minimum absolute atomic E-state index is 0.0192. The maximum atomic E-state index is 11.8. The van der Waals surface area contributed by atoms with Gasteiger partial charge in [-0.1, -0.05) is 12.1 Å². The van der Waals surface area contributed by atoms with E-state index in [2.05, 4.69) is 16.2 Å². The van der Waals surface area contributed by atoms with Gasteiger partial charge in [-0.15, -0.1) is 0 Å². The third-order valence-corrected chi connectivity index (χ3v) is 2.13. The Bertz CT molecular complexity index is 476. The number of ether oxygens (including phenoxy) is 1. The highest BCUT2D eigenvalue weighted by Crippen LogP contribution is 2.16. The molecule has 0 radical (unpaired) electrons. The number of carbonyl (C=O) groups excluding carboxylic acids is 2. The molecule has 3 N–H and O–H groups in total. The summed E-state index contributed by atoms with van der Waals surface area (Å²) in [6.45, 7) is 1.32. The zero-order chi connectivity index (χ0) is 13.5. The SMILES string of the molecule is COc1ccccc1C(=O)NNC(=S)NC(C)=O. The highest BCUT2D eigenvalue weighted by atomic mass is 32.1. The average Bonchev–Trinajstić information content (AvgIpc) is 2.35. The van der Waals surface area contributed by atoms with Crippen LogP contribution in [0.2, 0.25) is 0 Å². The van der Waals surface area contributed by atoms with Gasteiger partial charge >= 0.3 is 0 Å². The molecule has 0 aliphatic rings. The van der Waals surface area contributed by atoms with Crippen LogP contribution in [0.5, 0.6) is 5.75 Å². The Labute approximate surface area is 110 Å². The molecule has 2 amide bonds. The molecular formula is C11H13N3O3S. The summed E-state index contributed by atoms with van der Waals surface area (Å²) in [5, 5.41) is 2.33. The van der Waals surface area contributed by atoms with E-state index < -0.39 is 5.91 Å². The molecule has 0 aliphatic carbocycles. The standard InChI is InChI=1S/C11H13N3O3S/c1-7(15)12-11(18)14-13-10(16)8-5-3-4-6-9(8)17-2/h3-6H,1-2H3,(H,13,16)(H2,12,14,15,18). The molecule has 0 bridgehead atoms. The van der Waals surface area contributed by atoms with Gasteiger partial charge in [-0.25, -0.2) is 0 Å². The van der Waals surface area contributed by atoms with Crippen molar-refractivity contribution in [3.05, 3.63) is 29.8 Å². The first-order valence-electron chi connectivity index (χ1n) is 5.05. The van der Waals surface area contributed by atoms with Gasteiger partial charge in [0.05, 0.1) is 12.7 Å². The molecule has 0 aliphatic heterocycles. The molecule has 1 rings (SSSR count). The van der Waals surface area contributed by atoms with Crippen LogP contribution in [0.3, 0.4) is 0 Å². The van der Waals surface area contributed by atoms with E-state index in [-0.39, 0.29) is 11.0 Å². The number of thiocarbonyl (C=S) groups is 1. The van der Waals surface area contributed by atoms with Gasteiger partial charge in [-0.05, 0) is 24.4 Å². The Morgan fingerprint density at radius 1 is 1.22 bits per heavy atom. The lowest BCUT2D eigenvalue weighted by atomic mass is 10.2. The lowest BCUT2D eigenvalue weighted by molar-refractivity contribution is -0.117. The molecule has 0 saturated heterocycles. The van der Waals surface area contributed by atoms with Crippen LogP contribution in [0.15, 0.2) is 24.3 Å². The fourth-order valence-electron chi connectivity index (χ4n) is 1.20. The topological polar surface area (TPSA) is 79.5 Å². The molecule has 18 heavy (non-hydrogen) atoms. The Balaban J connectivity index is 2.60. The third-order valence-electron chi connectivity index (χ3n) is 1.93. The van der Waals surface area contributed by atoms with Crippen molar-refractivity contribution in [3.8, 4) is 5.75 Å². The number of hydrazine groups is 1. The van der Waals surface area contributed by atoms with Crippen LogP contribution < -0.4 is 20.9 Å². The van der Waals surface area contributed by atoms with Crippen molar-refractivity contribution < 1.29 is 14.3 Å². The molecule has 1 aromatic carbocycles. The number of methoxy groups -OCH3 is 1. The number of benzene rings is 1. The van der Waals surface area contributed by atoms with E-state index >= 15 is 0 Å². The van der Waals surface area contributed by atoms with Crippen molar-refractivity contribution in [2.45, 2.75) is 6.92 Å². The quantitative estimate of drug-likeness (QED) is 0.532. The summed E-state index contributed by atoms with van der Waals surface area (Å²) < 4.78 is 5.05. The molecule has 0 heterocycles. The number of para-hydroxylation sites is 1. The molecule has 0 unspecified atom stereocenters. The van der Waals surface area contributed by atoms with Crippen LogP contribution in [-0.4, -0.2) is 24.0 Å². The molecule has 0 atom stereocenters. The molecular weight excluding hydrogens is 254 g/mol. The Hall–Kier alpha value is -2.15. The molecule has 0 saturated carbocycles. The van der Waals surface area contributed by atoms with Gasteiger partial charge in [0, 0.05) is 6.92 Å². The number of rotatable bonds is 2. The zero-order valence-electron chi connectivity index (χ0n) is 9.94. The summed E-state index contributed by atoms with van der Waals surface area (Å²) in [5.74, 6) is -0.290. The summed E-state index contributed by atoms with van der Waals surface area (Å²) >= 11 is 4.77. The summed E-state index contributed by atoms with van der Waals surface area (Å²) in [7, 11) is 1.47. The fourth-order valence-corrected chi connectivity index (χ4v) is 1.40. The summed E-state index contributed by atoms with van der Waals surface area (Å²) in [4.78, 5) is 22.5. The molecule has 0 spiro atoms. The first-order chi connectivity index (χ1) is 8.54. The Kier molecular flexibility index (Phi) is 5.06. The van der Waals surface area contributed by atoms with Crippen LogP contribution in [0.4, 0.5) is 0 Å². The highest BCUT2D eigenvalue weighted by Gasteiger charge is 2.11. The number of carbonyl (C=O) groups is 2. The molecule has 0 fully saturated rings. The van der Waals surface area contributed by atoms with Crippen molar-refractivity contribution in [1.29, 1.82) is 0 Å². The predicted molar refractivity (Wildman–Crippen MR) is 70.0 cm³/mol. The Morgan fingerprint density at radius 2 is 1.89 bits per heavy atom. The van der Waals surface area contributed by atoms with Crippen molar-refractivity contribution in [2.24, 2.45) is 0 Å². The summed E-state index contributed by atoms with van der Waals surface area (Å²) in [6, 6.07) is 6.74. The minimum Gasteiger partial charge on any atom is -0.496 e. The van der Waals surface area contributed by atoms with E-state index in [1.165, 1.54) is 14.0 Å². The number of amides is 2. The van der Waals surface area contributed by atoms with Gasteiger partial charge in [0.15, 0.2) is 5.11 Å². The highest BCUT2D eigenvalue weighted by molar-refractivity contribution is 7.80.